The molecule has 0 saturated heterocycles. The molecule has 0 fully saturated rings. The van der Waals surface area contributed by atoms with Gasteiger partial charge in [0.05, 0.1) is 24.5 Å². The van der Waals surface area contributed by atoms with Crippen LogP contribution in [0.15, 0.2) is 0 Å². The Hall–Kier alpha value is -1.14. The van der Waals surface area contributed by atoms with Crippen molar-refractivity contribution in [3.05, 3.63) is 0 Å². The Morgan fingerprint density at radius 2 is 1.00 bits per heavy atom. The highest BCUT2D eigenvalue weighted by Gasteiger charge is 2.10. The summed E-state index contributed by atoms with van der Waals surface area (Å²) in [5.74, 6) is -1.60. The number of hydrogen-bond donors (Lipinski definition) is 4. The maximum Gasteiger partial charge on any atom is 0.306 e. The highest BCUT2D eigenvalue weighted by Crippen LogP contribution is 2.06. The van der Waals surface area contributed by atoms with Crippen LogP contribution in [0.25, 0.3) is 0 Å². The van der Waals surface area contributed by atoms with E-state index in [-0.39, 0.29) is 18.4 Å². The van der Waals surface area contributed by atoms with E-state index in [1.807, 2.05) is 27.7 Å². The van der Waals surface area contributed by atoms with Gasteiger partial charge in [0.15, 0.2) is 0 Å². The molecule has 0 saturated carbocycles. The van der Waals surface area contributed by atoms with Gasteiger partial charge < -0.3 is 20.4 Å². The first kappa shape index (κ1) is 24.9. The third-order valence-electron chi connectivity index (χ3n) is 2.93. The second kappa shape index (κ2) is 16.9. The fourth-order valence-corrected chi connectivity index (χ4v) is 1.28. The fourth-order valence-electron chi connectivity index (χ4n) is 1.28. The second-order valence-electron chi connectivity index (χ2n) is 4.73. The summed E-state index contributed by atoms with van der Waals surface area (Å²) in [6.45, 7) is 8.95. The van der Waals surface area contributed by atoms with Crippen molar-refractivity contribution in [3.63, 3.8) is 0 Å². The molecule has 128 valence electrons. The van der Waals surface area contributed by atoms with Crippen LogP contribution in [0, 0.1) is 11.8 Å². The van der Waals surface area contributed by atoms with Crippen LogP contribution < -0.4 is 0 Å². The zero-order valence-electron chi connectivity index (χ0n) is 13.9. The molecule has 0 aromatic carbocycles. The number of carboxylic acid groups (broad SMARTS) is 2. The summed E-state index contributed by atoms with van der Waals surface area (Å²) in [4.78, 5) is 20.3. The fraction of sp³-hybridized carbons (Fsp3) is 0.867. The molecule has 0 aromatic rings. The number of carboxylic acids is 2. The molecule has 6 nitrogen and oxygen atoms in total. The van der Waals surface area contributed by atoms with Gasteiger partial charge in [-0.2, -0.15) is 0 Å². The molecule has 0 heterocycles. The molecular formula is C15H32O6. The SMILES string of the molecule is CC(O)CO.CCC(CC)C(=O)O.CCC(CC)C(=O)O. The van der Waals surface area contributed by atoms with Crippen LogP contribution in [-0.4, -0.2) is 45.1 Å². The van der Waals surface area contributed by atoms with Crippen molar-refractivity contribution in [2.45, 2.75) is 66.4 Å². The van der Waals surface area contributed by atoms with Crippen molar-refractivity contribution in [2.75, 3.05) is 6.61 Å². The molecule has 21 heavy (non-hydrogen) atoms. The van der Waals surface area contributed by atoms with Crippen molar-refractivity contribution < 1.29 is 30.0 Å². The smallest absolute Gasteiger partial charge is 0.306 e. The van der Waals surface area contributed by atoms with Crippen molar-refractivity contribution in [2.24, 2.45) is 11.8 Å². The van der Waals surface area contributed by atoms with Gasteiger partial charge in [-0.05, 0) is 32.6 Å². The van der Waals surface area contributed by atoms with Crippen molar-refractivity contribution >= 4 is 11.9 Å². The number of hydrogen-bond acceptors (Lipinski definition) is 4. The summed E-state index contributed by atoms with van der Waals surface area (Å²) in [6.07, 6.45) is 2.41. The third kappa shape index (κ3) is 18.9. The lowest BCUT2D eigenvalue weighted by molar-refractivity contribution is -0.142. The number of carbonyl (C=O) groups is 2. The lowest BCUT2D eigenvalue weighted by Gasteiger charge is -2.02. The van der Waals surface area contributed by atoms with Gasteiger partial charge >= 0.3 is 11.9 Å². The lowest BCUT2D eigenvalue weighted by atomic mass is 10.1. The van der Waals surface area contributed by atoms with E-state index >= 15 is 0 Å². The summed E-state index contributed by atoms with van der Waals surface area (Å²) in [5, 5.41) is 32.8. The first-order valence-electron chi connectivity index (χ1n) is 7.45. The van der Waals surface area contributed by atoms with Gasteiger partial charge in [0.2, 0.25) is 0 Å². The van der Waals surface area contributed by atoms with Crippen molar-refractivity contribution in [3.8, 4) is 0 Å². The molecule has 1 atom stereocenters. The highest BCUT2D eigenvalue weighted by molar-refractivity contribution is 5.70. The molecule has 0 aliphatic carbocycles. The van der Waals surface area contributed by atoms with Crippen LogP contribution in [0.2, 0.25) is 0 Å². The number of aliphatic hydroxyl groups is 2. The van der Waals surface area contributed by atoms with E-state index in [0.717, 1.165) is 25.7 Å². The van der Waals surface area contributed by atoms with E-state index in [9.17, 15) is 9.59 Å². The highest BCUT2D eigenvalue weighted by atomic mass is 16.4. The zero-order valence-corrected chi connectivity index (χ0v) is 13.9. The minimum Gasteiger partial charge on any atom is -0.481 e. The number of rotatable bonds is 7. The van der Waals surface area contributed by atoms with Gasteiger partial charge in [-0.15, -0.1) is 0 Å². The lowest BCUT2D eigenvalue weighted by Crippen LogP contribution is -2.10. The number of aliphatic carboxylic acids is 2. The molecule has 6 heteroatoms. The largest absolute Gasteiger partial charge is 0.481 e. The molecule has 0 amide bonds. The van der Waals surface area contributed by atoms with Crippen LogP contribution in [0.4, 0.5) is 0 Å². The van der Waals surface area contributed by atoms with Gasteiger partial charge in [0, 0.05) is 0 Å². The molecule has 1 unspecified atom stereocenters. The molecule has 0 rings (SSSR count). The Labute approximate surface area is 127 Å². The van der Waals surface area contributed by atoms with Gasteiger partial charge in [0.1, 0.15) is 0 Å². The molecule has 0 radical (unpaired) electrons. The van der Waals surface area contributed by atoms with Gasteiger partial charge in [-0.1, -0.05) is 27.7 Å². The molecule has 0 bridgehead atoms. The minimum absolute atomic E-state index is 0.130. The Balaban J connectivity index is -0.000000239. The standard InChI is InChI=1S/2C6H12O2.C3H8O2/c2*1-3-5(4-2)6(7)8;1-3(5)2-4/h2*5H,3-4H2,1-2H3,(H,7,8);3-5H,2H2,1H3. The molecular weight excluding hydrogens is 276 g/mol. The molecule has 0 spiro atoms. The van der Waals surface area contributed by atoms with Crippen LogP contribution in [0.1, 0.15) is 60.3 Å². The predicted molar refractivity (Wildman–Crippen MR) is 82.2 cm³/mol. The monoisotopic (exact) mass is 308 g/mol. The van der Waals surface area contributed by atoms with Crippen molar-refractivity contribution in [1.29, 1.82) is 0 Å². The van der Waals surface area contributed by atoms with Crippen LogP contribution in [0.3, 0.4) is 0 Å². The van der Waals surface area contributed by atoms with E-state index in [0.29, 0.717) is 0 Å². The summed E-state index contributed by atoms with van der Waals surface area (Å²) in [5.41, 5.74) is 0. The molecule has 0 aliphatic heterocycles. The van der Waals surface area contributed by atoms with E-state index in [1.54, 1.807) is 0 Å². The average Bonchev–Trinajstić information content (AvgIpc) is 2.42. The van der Waals surface area contributed by atoms with E-state index in [4.69, 9.17) is 20.4 Å². The molecule has 0 aliphatic rings. The van der Waals surface area contributed by atoms with Crippen molar-refractivity contribution in [1.82, 2.24) is 0 Å². The quantitative estimate of drug-likeness (QED) is 0.574. The summed E-state index contributed by atoms with van der Waals surface area (Å²) >= 11 is 0. The maximum absolute atomic E-state index is 10.2. The summed E-state index contributed by atoms with van der Waals surface area (Å²) in [6, 6.07) is 0. The minimum atomic E-state index is -0.671. The first-order chi connectivity index (χ1) is 9.71. The van der Waals surface area contributed by atoms with Gasteiger partial charge in [-0.3, -0.25) is 9.59 Å². The Morgan fingerprint density at radius 1 is 0.810 bits per heavy atom. The maximum atomic E-state index is 10.2. The topological polar surface area (TPSA) is 115 Å². The zero-order chi connectivity index (χ0) is 17.4. The van der Waals surface area contributed by atoms with Crippen LogP contribution in [0.5, 0.6) is 0 Å². The Morgan fingerprint density at radius 3 is 1.00 bits per heavy atom. The van der Waals surface area contributed by atoms with E-state index in [1.165, 1.54) is 6.92 Å². The van der Waals surface area contributed by atoms with Crippen LogP contribution >= 0.6 is 0 Å². The normalized spacial score (nSPS) is 11.1. The van der Waals surface area contributed by atoms with Gasteiger partial charge in [-0.25, -0.2) is 0 Å². The molecule has 0 aromatic heterocycles. The average molecular weight is 308 g/mol. The predicted octanol–water partition coefficient (Wildman–Crippen LogP) is 2.37. The van der Waals surface area contributed by atoms with Crippen LogP contribution in [-0.2, 0) is 9.59 Å². The second-order valence-corrected chi connectivity index (χ2v) is 4.73. The Kier molecular flexibility index (Phi) is 20.0. The van der Waals surface area contributed by atoms with E-state index < -0.39 is 18.0 Å². The number of aliphatic hydroxyl groups excluding tert-OH is 2. The summed E-state index contributed by atoms with van der Waals surface area (Å²) < 4.78 is 0. The Bertz CT molecular complexity index is 223. The summed E-state index contributed by atoms with van der Waals surface area (Å²) in [7, 11) is 0. The van der Waals surface area contributed by atoms with Gasteiger partial charge in [0.25, 0.3) is 0 Å². The van der Waals surface area contributed by atoms with E-state index in [2.05, 4.69) is 0 Å². The molecule has 4 N–H and O–H groups in total. The first-order valence-corrected chi connectivity index (χ1v) is 7.45. The third-order valence-corrected chi connectivity index (χ3v) is 2.93.